The fourth-order valence-corrected chi connectivity index (χ4v) is 3.62. The van der Waals surface area contributed by atoms with E-state index in [1.54, 1.807) is 42.5 Å². The number of carbonyl (C=O) groups excluding carboxylic acids is 1. The molecule has 0 saturated heterocycles. The Hall–Kier alpha value is -2.14. The number of carbonyl (C=O) groups is 1. The predicted octanol–water partition coefficient (Wildman–Crippen LogP) is 2.08. The van der Waals surface area contributed by atoms with Crippen LogP contribution < -0.4 is 4.31 Å². The second kappa shape index (κ2) is 4.20. The fraction of sp³-hybridized carbons (Fsp3) is 0.0714. The molecule has 1 aliphatic rings. The molecule has 0 radical (unpaired) electrons. The quantitative estimate of drug-likeness (QED) is 0.841. The van der Waals surface area contributed by atoms with E-state index in [-0.39, 0.29) is 17.2 Å². The summed E-state index contributed by atoms with van der Waals surface area (Å²) in [5, 5.41) is 0. The van der Waals surface area contributed by atoms with Gasteiger partial charge in [-0.05, 0) is 24.3 Å². The summed E-state index contributed by atoms with van der Waals surface area (Å²) >= 11 is 0. The van der Waals surface area contributed by atoms with Crippen molar-refractivity contribution in [3.8, 4) is 0 Å². The van der Waals surface area contributed by atoms with Gasteiger partial charge < -0.3 is 0 Å². The van der Waals surface area contributed by atoms with Crippen LogP contribution in [0.4, 0.5) is 5.69 Å². The Morgan fingerprint density at radius 1 is 0.895 bits per heavy atom. The van der Waals surface area contributed by atoms with Crippen LogP contribution in [0, 0.1) is 0 Å². The Morgan fingerprint density at radius 2 is 1.53 bits per heavy atom. The summed E-state index contributed by atoms with van der Waals surface area (Å²) in [6, 6.07) is 14.9. The largest absolute Gasteiger partial charge is 0.292 e. The van der Waals surface area contributed by atoms with Gasteiger partial charge in [0.2, 0.25) is 0 Å². The Labute approximate surface area is 111 Å². The Kier molecular flexibility index (Phi) is 2.64. The van der Waals surface area contributed by atoms with Crippen LogP contribution in [0.3, 0.4) is 0 Å². The highest BCUT2D eigenvalue weighted by Crippen LogP contribution is 2.32. The molecular weight excluding hydrogens is 262 g/mol. The average Bonchev–Trinajstić information content (AvgIpc) is 2.79. The standard InChI is InChI=1S/C14H11NO3S/c16-14-10-15(13-9-5-4-8-12(13)14)19(17,18)11-6-2-1-3-7-11/h1-9H,10H2. The van der Waals surface area contributed by atoms with Crippen molar-refractivity contribution >= 4 is 21.5 Å². The summed E-state index contributed by atoms with van der Waals surface area (Å²) in [5.41, 5.74) is 0.915. The first kappa shape index (κ1) is 11.9. The van der Waals surface area contributed by atoms with Crippen molar-refractivity contribution in [3.63, 3.8) is 0 Å². The predicted molar refractivity (Wildman–Crippen MR) is 71.7 cm³/mol. The minimum absolute atomic E-state index is 0.128. The summed E-state index contributed by atoms with van der Waals surface area (Å²) in [7, 11) is -3.67. The molecule has 1 aliphatic heterocycles. The molecule has 0 saturated carbocycles. The highest BCUT2D eigenvalue weighted by Gasteiger charge is 2.35. The molecule has 3 rings (SSSR count). The third-order valence-corrected chi connectivity index (χ3v) is 4.87. The number of benzene rings is 2. The van der Waals surface area contributed by atoms with Crippen LogP contribution >= 0.6 is 0 Å². The molecule has 0 aliphatic carbocycles. The van der Waals surface area contributed by atoms with Gasteiger partial charge in [0.25, 0.3) is 10.0 Å². The molecule has 0 N–H and O–H groups in total. The number of rotatable bonds is 2. The second-order valence-electron chi connectivity index (χ2n) is 4.27. The topological polar surface area (TPSA) is 54.5 Å². The number of anilines is 1. The zero-order chi connectivity index (χ0) is 13.5. The van der Waals surface area contributed by atoms with E-state index in [0.29, 0.717) is 11.3 Å². The normalized spacial score (nSPS) is 14.5. The zero-order valence-corrected chi connectivity index (χ0v) is 10.8. The summed E-state index contributed by atoms with van der Waals surface area (Å²) in [6.07, 6.45) is 0. The molecule has 0 unspecified atom stereocenters. The summed E-state index contributed by atoms with van der Waals surface area (Å²) in [6.45, 7) is -0.128. The summed E-state index contributed by atoms with van der Waals surface area (Å²) in [4.78, 5) is 12.0. The fourth-order valence-electron chi connectivity index (χ4n) is 2.16. The van der Waals surface area contributed by atoms with Crippen molar-refractivity contribution in [1.29, 1.82) is 0 Å². The van der Waals surface area contributed by atoms with E-state index in [2.05, 4.69) is 0 Å². The van der Waals surface area contributed by atoms with Crippen LogP contribution in [0.1, 0.15) is 10.4 Å². The van der Waals surface area contributed by atoms with Crippen molar-refractivity contribution in [2.75, 3.05) is 10.8 Å². The molecule has 0 aromatic heterocycles. The number of hydrogen-bond donors (Lipinski definition) is 0. The van der Waals surface area contributed by atoms with Gasteiger partial charge in [0.15, 0.2) is 5.78 Å². The van der Waals surface area contributed by atoms with Crippen LogP contribution in [0.2, 0.25) is 0 Å². The smallest absolute Gasteiger partial charge is 0.264 e. The zero-order valence-electron chi connectivity index (χ0n) is 9.98. The number of hydrogen-bond acceptors (Lipinski definition) is 3. The van der Waals surface area contributed by atoms with Crippen LogP contribution in [0.5, 0.6) is 0 Å². The third kappa shape index (κ3) is 1.82. The first-order chi connectivity index (χ1) is 9.10. The lowest BCUT2D eigenvalue weighted by atomic mass is 10.1. The summed E-state index contributed by atoms with van der Waals surface area (Å²) < 4.78 is 26.2. The molecular formula is C14H11NO3S. The van der Waals surface area contributed by atoms with Crippen molar-refractivity contribution < 1.29 is 13.2 Å². The Bertz CT molecular complexity index is 738. The van der Waals surface area contributed by atoms with Crippen LogP contribution in [-0.4, -0.2) is 20.7 Å². The monoisotopic (exact) mass is 273 g/mol. The van der Waals surface area contributed by atoms with Crippen molar-refractivity contribution in [1.82, 2.24) is 0 Å². The van der Waals surface area contributed by atoms with E-state index >= 15 is 0 Å². The maximum atomic E-state index is 12.5. The van der Waals surface area contributed by atoms with Gasteiger partial charge in [0, 0.05) is 5.56 Å². The van der Waals surface area contributed by atoms with E-state index < -0.39 is 10.0 Å². The molecule has 1 heterocycles. The van der Waals surface area contributed by atoms with Crippen LogP contribution in [0.15, 0.2) is 59.5 Å². The molecule has 0 spiro atoms. The number of sulfonamides is 1. The second-order valence-corrected chi connectivity index (χ2v) is 6.13. The lowest BCUT2D eigenvalue weighted by molar-refractivity contribution is 0.101. The highest BCUT2D eigenvalue weighted by molar-refractivity contribution is 7.93. The molecule has 2 aromatic carbocycles. The first-order valence-electron chi connectivity index (χ1n) is 5.81. The van der Waals surface area contributed by atoms with Crippen molar-refractivity contribution in [2.24, 2.45) is 0 Å². The highest BCUT2D eigenvalue weighted by atomic mass is 32.2. The van der Waals surface area contributed by atoms with E-state index in [0.717, 1.165) is 0 Å². The average molecular weight is 273 g/mol. The van der Waals surface area contributed by atoms with E-state index in [9.17, 15) is 13.2 Å². The van der Waals surface area contributed by atoms with Gasteiger partial charge in [-0.2, -0.15) is 0 Å². The van der Waals surface area contributed by atoms with Gasteiger partial charge in [-0.15, -0.1) is 0 Å². The van der Waals surface area contributed by atoms with Gasteiger partial charge >= 0.3 is 0 Å². The van der Waals surface area contributed by atoms with Crippen LogP contribution in [0.25, 0.3) is 0 Å². The molecule has 0 atom stereocenters. The number of fused-ring (bicyclic) bond motifs is 1. The SMILES string of the molecule is O=C1CN(S(=O)(=O)c2ccccc2)c2ccccc21. The van der Waals surface area contributed by atoms with Gasteiger partial charge in [-0.25, -0.2) is 8.42 Å². The number of ketones is 1. The minimum atomic E-state index is -3.67. The Balaban J connectivity index is 2.13. The maximum Gasteiger partial charge on any atom is 0.264 e. The summed E-state index contributed by atoms with van der Waals surface area (Å²) in [5.74, 6) is -0.171. The van der Waals surface area contributed by atoms with Gasteiger partial charge in [-0.1, -0.05) is 30.3 Å². The lowest BCUT2D eigenvalue weighted by Gasteiger charge is -2.18. The molecule has 19 heavy (non-hydrogen) atoms. The Morgan fingerprint density at radius 3 is 2.26 bits per heavy atom. The maximum absolute atomic E-state index is 12.5. The van der Waals surface area contributed by atoms with Crippen molar-refractivity contribution in [3.05, 3.63) is 60.2 Å². The van der Waals surface area contributed by atoms with E-state index in [1.165, 1.54) is 16.4 Å². The number of para-hydroxylation sites is 1. The van der Waals surface area contributed by atoms with Gasteiger partial charge in [-0.3, -0.25) is 9.10 Å². The van der Waals surface area contributed by atoms with E-state index in [1.807, 2.05) is 0 Å². The van der Waals surface area contributed by atoms with Crippen LogP contribution in [-0.2, 0) is 10.0 Å². The third-order valence-electron chi connectivity index (χ3n) is 3.09. The van der Waals surface area contributed by atoms with Crippen molar-refractivity contribution in [2.45, 2.75) is 4.90 Å². The lowest BCUT2D eigenvalue weighted by Crippen LogP contribution is -2.30. The minimum Gasteiger partial charge on any atom is -0.292 e. The number of Topliss-reactive ketones (excluding diaryl/α,β-unsaturated/α-hetero) is 1. The number of nitrogens with zero attached hydrogens (tertiary/aromatic N) is 1. The van der Waals surface area contributed by atoms with E-state index in [4.69, 9.17) is 0 Å². The molecule has 4 nitrogen and oxygen atoms in total. The molecule has 96 valence electrons. The molecule has 2 aromatic rings. The molecule has 0 fully saturated rings. The van der Waals surface area contributed by atoms with Gasteiger partial charge in [0.1, 0.15) is 0 Å². The van der Waals surface area contributed by atoms with Gasteiger partial charge in [0.05, 0.1) is 17.1 Å². The first-order valence-corrected chi connectivity index (χ1v) is 7.25. The molecule has 0 amide bonds. The molecule has 5 heteroatoms. The molecule has 0 bridgehead atoms.